The summed E-state index contributed by atoms with van der Waals surface area (Å²) in [4.78, 5) is 6.60. The van der Waals surface area contributed by atoms with Gasteiger partial charge in [-0.1, -0.05) is 19.9 Å². The molecule has 86 valence electrons. The molecule has 0 saturated heterocycles. The van der Waals surface area contributed by atoms with Crippen LogP contribution in [0.2, 0.25) is 0 Å². The van der Waals surface area contributed by atoms with Gasteiger partial charge in [0.2, 0.25) is 0 Å². The number of nitriles is 1. The highest BCUT2D eigenvalue weighted by molar-refractivity contribution is 5.45. The van der Waals surface area contributed by atoms with Gasteiger partial charge in [-0.05, 0) is 24.5 Å². The minimum absolute atomic E-state index is 0.544. The zero-order valence-electron chi connectivity index (χ0n) is 10.3. The fourth-order valence-corrected chi connectivity index (χ4v) is 1.72. The molecule has 0 radical (unpaired) electrons. The average Bonchev–Trinajstić information content (AvgIpc) is 2.24. The van der Waals surface area contributed by atoms with E-state index in [1.807, 2.05) is 12.3 Å². The molecule has 1 rings (SSSR count). The second kappa shape index (κ2) is 6.12. The van der Waals surface area contributed by atoms with Crippen LogP contribution in [-0.4, -0.2) is 18.1 Å². The zero-order chi connectivity index (χ0) is 12.0. The van der Waals surface area contributed by atoms with Gasteiger partial charge in [-0.25, -0.2) is 4.98 Å². The largest absolute Gasteiger partial charge is 0.355 e. The first-order valence-electron chi connectivity index (χ1n) is 5.68. The highest BCUT2D eigenvalue weighted by Crippen LogP contribution is 2.17. The second-order valence-electron chi connectivity index (χ2n) is 4.39. The zero-order valence-corrected chi connectivity index (χ0v) is 10.3. The first-order chi connectivity index (χ1) is 7.65. The predicted molar refractivity (Wildman–Crippen MR) is 66.3 cm³/mol. The third kappa shape index (κ3) is 3.54. The molecule has 0 fully saturated rings. The summed E-state index contributed by atoms with van der Waals surface area (Å²) in [5, 5.41) is 8.67. The van der Waals surface area contributed by atoms with Crippen LogP contribution >= 0.6 is 0 Å². The van der Waals surface area contributed by atoms with Gasteiger partial charge in [0.15, 0.2) is 0 Å². The van der Waals surface area contributed by atoms with Crippen molar-refractivity contribution in [1.29, 1.82) is 5.26 Å². The lowest BCUT2D eigenvalue weighted by molar-refractivity contribution is 0.607. The molecular weight excluding hydrogens is 198 g/mol. The molecule has 0 unspecified atom stereocenters. The minimum Gasteiger partial charge on any atom is -0.355 e. The molecule has 0 spiro atoms. The lowest BCUT2D eigenvalue weighted by atomic mass is 10.2. The smallest absolute Gasteiger partial charge is 0.131 e. The molecule has 1 aromatic rings. The van der Waals surface area contributed by atoms with Gasteiger partial charge in [0.25, 0.3) is 0 Å². The van der Waals surface area contributed by atoms with Crippen LogP contribution < -0.4 is 4.90 Å². The highest BCUT2D eigenvalue weighted by Gasteiger charge is 2.11. The molecular formula is C13H19N3. The SMILES string of the molecule is Cc1cccnc1N(CCC#N)CC(C)C. The molecule has 16 heavy (non-hydrogen) atoms. The summed E-state index contributed by atoms with van der Waals surface area (Å²) < 4.78 is 0. The molecule has 0 saturated carbocycles. The molecule has 3 nitrogen and oxygen atoms in total. The maximum Gasteiger partial charge on any atom is 0.131 e. The Bertz CT molecular complexity index is 366. The number of aromatic nitrogens is 1. The predicted octanol–water partition coefficient (Wildman–Crippen LogP) is 2.77. The maximum atomic E-state index is 8.67. The van der Waals surface area contributed by atoms with Crippen molar-refractivity contribution in [2.24, 2.45) is 5.92 Å². The first-order valence-corrected chi connectivity index (χ1v) is 5.68. The van der Waals surface area contributed by atoms with Gasteiger partial charge in [-0.3, -0.25) is 0 Å². The van der Waals surface area contributed by atoms with Crippen molar-refractivity contribution in [3.8, 4) is 6.07 Å². The van der Waals surface area contributed by atoms with Crippen molar-refractivity contribution in [3.05, 3.63) is 23.9 Å². The Kier molecular flexibility index (Phi) is 4.78. The van der Waals surface area contributed by atoms with Gasteiger partial charge in [-0.15, -0.1) is 0 Å². The van der Waals surface area contributed by atoms with Crippen molar-refractivity contribution in [1.82, 2.24) is 4.98 Å². The van der Waals surface area contributed by atoms with Crippen molar-refractivity contribution in [3.63, 3.8) is 0 Å². The maximum absolute atomic E-state index is 8.67. The molecule has 0 bridgehead atoms. The summed E-state index contributed by atoms with van der Waals surface area (Å²) >= 11 is 0. The van der Waals surface area contributed by atoms with Crippen LogP contribution in [-0.2, 0) is 0 Å². The van der Waals surface area contributed by atoms with Crippen LogP contribution in [0.1, 0.15) is 25.8 Å². The topological polar surface area (TPSA) is 39.9 Å². The van der Waals surface area contributed by atoms with E-state index >= 15 is 0 Å². The quantitative estimate of drug-likeness (QED) is 0.761. The van der Waals surface area contributed by atoms with Crippen LogP contribution in [0, 0.1) is 24.2 Å². The summed E-state index contributed by atoms with van der Waals surface area (Å²) in [6, 6.07) is 6.19. The van der Waals surface area contributed by atoms with Crippen LogP contribution in [0.5, 0.6) is 0 Å². The Morgan fingerprint density at radius 3 is 2.81 bits per heavy atom. The van der Waals surface area contributed by atoms with E-state index in [1.54, 1.807) is 0 Å². The van der Waals surface area contributed by atoms with E-state index in [0.717, 1.165) is 18.9 Å². The monoisotopic (exact) mass is 217 g/mol. The molecule has 1 heterocycles. The van der Waals surface area contributed by atoms with Gasteiger partial charge in [0.1, 0.15) is 5.82 Å². The van der Waals surface area contributed by atoms with Gasteiger partial charge in [0.05, 0.1) is 12.5 Å². The first kappa shape index (κ1) is 12.5. The van der Waals surface area contributed by atoms with E-state index in [-0.39, 0.29) is 0 Å². The normalized spacial score (nSPS) is 10.2. The van der Waals surface area contributed by atoms with Crippen LogP contribution in [0.25, 0.3) is 0 Å². The summed E-state index contributed by atoms with van der Waals surface area (Å²) in [6.45, 7) is 8.11. The van der Waals surface area contributed by atoms with E-state index in [4.69, 9.17) is 5.26 Å². The Hall–Kier alpha value is -1.56. The number of aryl methyl sites for hydroxylation is 1. The standard InChI is InChI=1S/C13H19N3/c1-11(2)10-16(9-5-7-14)13-12(3)6-4-8-15-13/h4,6,8,11H,5,9-10H2,1-3H3. The number of pyridine rings is 1. The van der Waals surface area contributed by atoms with Crippen LogP contribution in [0.3, 0.4) is 0 Å². The fraction of sp³-hybridized carbons (Fsp3) is 0.538. The van der Waals surface area contributed by atoms with Gasteiger partial charge in [-0.2, -0.15) is 5.26 Å². The molecule has 0 amide bonds. The number of hydrogen-bond donors (Lipinski definition) is 0. The third-order valence-corrected chi connectivity index (χ3v) is 2.36. The molecule has 0 aliphatic heterocycles. The van der Waals surface area contributed by atoms with Crippen molar-refractivity contribution < 1.29 is 0 Å². The van der Waals surface area contributed by atoms with Crippen molar-refractivity contribution >= 4 is 5.82 Å². The summed E-state index contributed by atoms with van der Waals surface area (Å²) in [5.41, 5.74) is 1.17. The van der Waals surface area contributed by atoms with E-state index in [0.29, 0.717) is 12.3 Å². The average molecular weight is 217 g/mol. The Morgan fingerprint density at radius 1 is 1.50 bits per heavy atom. The molecule has 0 aliphatic rings. The van der Waals surface area contributed by atoms with E-state index < -0.39 is 0 Å². The van der Waals surface area contributed by atoms with E-state index in [1.165, 1.54) is 5.56 Å². The van der Waals surface area contributed by atoms with Crippen LogP contribution in [0.4, 0.5) is 5.82 Å². The third-order valence-electron chi connectivity index (χ3n) is 2.36. The van der Waals surface area contributed by atoms with Gasteiger partial charge < -0.3 is 4.90 Å². The number of nitrogens with zero attached hydrogens (tertiary/aromatic N) is 3. The van der Waals surface area contributed by atoms with Gasteiger partial charge >= 0.3 is 0 Å². The Morgan fingerprint density at radius 2 is 2.25 bits per heavy atom. The number of hydrogen-bond acceptors (Lipinski definition) is 3. The molecule has 0 aliphatic carbocycles. The summed E-state index contributed by atoms with van der Waals surface area (Å²) in [5.74, 6) is 1.58. The van der Waals surface area contributed by atoms with Gasteiger partial charge in [0, 0.05) is 19.3 Å². The number of anilines is 1. The second-order valence-corrected chi connectivity index (χ2v) is 4.39. The van der Waals surface area contributed by atoms with Crippen LogP contribution in [0.15, 0.2) is 18.3 Å². The minimum atomic E-state index is 0.544. The van der Waals surface area contributed by atoms with E-state index in [9.17, 15) is 0 Å². The molecule has 0 atom stereocenters. The van der Waals surface area contributed by atoms with E-state index in [2.05, 4.69) is 42.8 Å². The highest BCUT2D eigenvalue weighted by atomic mass is 15.2. The Labute approximate surface area is 97.7 Å². The lowest BCUT2D eigenvalue weighted by Crippen LogP contribution is -2.30. The molecule has 3 heteroatoms. The molecule has 1 aromatic heterocycles. The van der Waals surface area contributed by atoms with Crippen molar-refractivity contribution in [2.45, 2.75) is 27.2 Å². The summed E-state index contributed by atoms with van der Waals surface area (Å²) in [6.07, 6.45) is 2.35. The summed E-state index contributed by atoms with van der Waals surface area (Å²) in [7, 11) is 0. The molecule has 0 aromatic carbocycles. The Balaban J connectivity index is 2.83. The fourth-order valence-electron chi connectivity index (χ4n) is 1.72. The molecule has 0 N–H and O–H groups in total. The van der Waals surface area contributed by atoms with Crippen molar-refractivity contribution in [2.75, 3.05) is 18.0 Å². The number of rotatable bonds is 5. The lowest BCUT2D eigenvalue weighted by Gasteiger charge is -2.25.